The third kappa shape index (κ3) is 15.6. The Morgan fingerprint density at radius 3 is 1.87 bits per heavy atom. The molecule has 1 atom stereocenters. The summed E-state index contributed by atoms with van der Waals surface area (Å²) in [6, 6.07) is 0. The molecule has 0 aliphatic rings. The second-order valence-electron chi connectivity index (χ2n) is 6.32. The van der Waals surface area contributed by atoms with Gasteiger partial charge in [-0.2, -0.15) is 0 Å². The Hall–Kier alpha value is -1.06. The average molecular weight is 328 g/mol. The first-order chi connectivity index (χ1) is 11.1. The zero-order valence-corrected chi connectivity index (χ0v) is 15.4. The van der Waals surface area contributed by atoms with E-state index in [0.29, 0.717) is 12.8 Å². The number of esters is 2. The molecule has 0 fully saturated rings. The van der Waals surface area contributed by atoms with Crippen LogP contribution in [0.4, 0.5) is 0 Å². The summed E-state index contributed by atoms with van der Waals surface area (Å²) in [4.78, 5) is 22.3. The van der Waals surface area contributed by atoms with Gasteiger partial charge >= 0.3 is 11.9 Å². The number of carbonyl (C=O) groups is 2. The van der Waals surface area contributed by atoms with Crippen LogP contribution in [0.5, 0.6) is 0 Å². The molecule has 0 heterocycles. The molecule has 0 aromatic rings. The fourth-order valence-electron chi connectivity index (χ4n) is 2.76. The summed E-state index contributed by atoms with van der Waals surface area (Å²) < 4.78 is 9.97. The van der Waals surface area contributed by atoms with E-state index in [1.807, 2.05) is 0 Å². The number of rotatable bonds is 15. The van der Waals surface area contributed by atoms with Gasteiger partial charge in [-0.25, -0.2) is 0 Å². The Kier molecular flexibility index (Phi) is 15.1. The summed E-state index contributed by atoms with van der Waals surface area (Å²) in [6.45, 7) is 3.69. The van der Waals surface area contributed by atoms with E-state index in [0.717, 1.165) is 19.3 Å². The van der Waals surface area contributed by atoms with Crippen LogP contribution in [0.25, 0.3) is 0 Å². The summed E-state index contributed by atoms with van der Waals surface area (Å²) in [5, 5.41) is 0. The van der Waals surface area contributed by atoms with E-state index in [1.54, 1.807) is 0 Å². The Labute approximate surface area is 142 Å². The number of hydrogen-bond donors (Lipinski definition) is 0. The third-order valence-corrected chi connectivity index (χ3v) is 4.10. The molecule has 0 rings (SSSR count). The van der Waals surface area contributed by atoms with Crippen LogP contribution in [0.1, 0.15) is 97.3 Å². The lowest BCUT2D eigenvalue weighted by molar-refractivity contribution is -0.147. The van der Waals surface area contributed by atoms with Gasteiger partial charge in [-0.05, 0) is 25.7 Å². The lowest BCUT2D eigenvalue weighted by Crippen LogP contribution is -2.17. The highest BCUT2D eigenvalue weighted by Gasteiger charge is 2.12. The first-order valence-corrected chi connectivity index (χ1v) is 9.34. The molecule has 0 aliphatic heterocycles. The second-order valence-corrected chi connectivity index (χ2v) is 6.32. The van der Waals surface area contributed by atoms with Crippen molar-refractivity contribution in [2.45, 2.75) is 103 Å². The van der Waals surface area contributed by atoms with Crippen molar-refractivity contribution in [3.8, 4) is 0 Å². The van der Waals surface area contributed by atoms with Gasteiger partial charge in [-0.15, -0.1) is 0 Å². The molecule has 0 saturated heterocycles. The molecule has 136 valence electrons. The molecule has 0 aliphatic carbocycles. The van der Waals surface area contributed by atoms with Gasteiger partial charge in [0, 0.05) is 13.3 Å². The number of methoxy groups -OCH3 is 1. The molecule has 0 N–H and O–H groups in total. The van der Waals surface area contributed by atoms with Gasteiger partial charge in [0.15, 0.2) is 0 Å². The molecule has 0 amide bonds. The predicted molar refractivity (Wildman–Crippen MR) is 93.3 cm³/mol. The summed E-state index contributed by atoms with van der Waals surface area (Å²) in [5.41, 5.74) is 0. The van der Waals surface area contributed by atoms with Crippen molar-refractivity contribution in [2.75, 3.05) is 7.11 Å². The van der Waals surface area contributed by atoms with E-state index >= 15 is 0 Å². The Bertz CT molecular complexity index is 302. The van der Waals surface area contributed by atoms with Crippen LogP contribution in [0, 0.1) is 0 Å². The minimum Gasteiger partial charge on any atom is -0.469 e. The molecule has 4 nitrogen and oxygen atoms in total. The monoisotopic (exact) mass is 328 g/mol. The van der Waals surface area contributed by atoms with Crippen molar-refractivity contribution < 1.29 is 19.1 Å². The Morgan fingerprint density at radius 1 is 0.826 bits per heavy atom. The number of carbonyl (C=O) groups excluding carboxylic acids is 2. The van der Waals surface area contributed by atoms with Crippen LogP contribution in [0.15, 0.2) is 0 Å². The Balaban J connectivity index is 3.67. The predicted octanol–water partition coefficient (Wildman–Crippen LogP) is 5.18. The highest BCUT2D eigenvalue weighted by molar-refractivity contribution is 5.69. The number of unbranched alkanes of at least 4 members (excludes halogenated alkanes) is 8. The van der Waals surface area contributed by atoms with E-state index in [9.17, 15) is 9.59 Å². The van der Waals surface area contributed by atoms with E-state index in [2.05, 4.69) is 11.7 Å². The van der Waals surface area contributed by atoms with Crippen LogP contribution in [0.3, 0.4) is 0 Å². The quantitative estimate of drug-likeness (QED) is 0.307. The molecular formula is C19H36O4. The van der Waals surface area contributed by atoms with Crippen molar-refractivity contribution in [1.82, 2.24) is 0 Å². The molecule has 0 radical (unpaired) electrons. The van der Waals surface area contributed by atoms with Crippen LogP contribution >= 0.6 is 0 Å². The zero-order chi connectivity index (χ0) is 17.3. The third-order valence-electron chi connectivity index (χ3n) is 4.10. The molecular weight excluding hydrogens is 292 g/mol. The van der Waals surface area contributed by atoms with E-state index in [1.165, 1.54) is 65.4 Å². The van der Waals surface area contributed by atoms with Crippen molar-refractivity contribution in [3.63, 3.8) is 0 Å². The lowest BCUT2D eigenvalue weighted by atomic mass is 10.0. The first-order valence-electron chi connectivity index (χ1n) is 9.34. The molecule has 0 spiro atoms. The zero-order valence-electron chi connectivity index (χ0n) is 15.4. The van der Waals surface area contributed by atoms with Crippen molar-refractivity contribution in [2.24, 2.45) is 0 Å². The van der Waals surface area contributed by atoms with Crippen molar-refractivity contribution >= 4 is 11.9 Å². The maximum atomic E-state index is 11.2. The highest BCUT2D eigenvalue weighted by Crippen LogP contribution is 2.16. The van der Waals surface area contributed by atoms with Gasteiger partial charge in [0.2, 0.25) is 0 Å². The van der Waals surface area contributed by atoms with Gasteiger partial charge in [-0.3, -0.25) is 9.59 Å². The molecule has 1 unspecified atom stereocenters. The fraction of sp³-hybridized carbons (Fsp3) is 0.895. The molecule has 0 bridgehead atoms. The Morgan fingerprint density at radius 2 is 1.35 bits per heavy atom. The van der Waals surface area contributed by atoms with Crippen LogP contribution in [-0.2, 0) is 19.1 Å². The minimum atomic E-state index is -0.232. The molecule has 0 aromatic carbocycles. The fourth-order valence-corrected chi connectivity index (χ4v) is 2.76. The maximum Gasteiger partial charge on any atom is 0.305 e. The maximum absolute atomic E-state index is 11.2. The topological polar surface area (TPSA) is 52.6 Å². The van der Waals surface area contributed by atoms with Crippen LogP contribution in [0.2, 0.25) is 0 Å². The largest absolute Gasteiger partial charge is 0.469 e. The highest BCUT2D eigenvalue weighted by atomic mass is 16.5. The summed E-state index contributed by atoms with van der Waals surface area (Å²) in [5.74, 6) is -0.432. The summed E-state index contributed by atoms with van der Waals surface area (Å²) in [7, 11) is 1.40. The van der Waals surface area contributed by atoms with Gasteiger partial charge in [-0.1, -0.05) is 58.3 Å². The van der Waals surface area contributed by atoms with Gasteiger partial charge in [0.05, 0.1) is 7.11 Å². The van der Waals surface area contributed by atoms with E-state index in [4.69, 9.17) is 4.74 Å². The molecule has 0 saturated carbocycles. The molecule has 4 heteroatoms. The van der Waals surface area contributed by atoms with Gasteiger partial charge in [0.25, 0.3) is 0 Å². The molecule has 23 heavy (non-hydrogen) atoms. The van der Waals surface area contributed by atoms with Crippen LogP contribution < -0.4 is 0 Å². The van der Waals surface area contributed by atoms with Gasteiger partial charge < -0.3 is 9.47 Å². The van der Waals surface area contributed by atoms with Crippen LogP contribution in [-0.4, -0.2) is 25.2 Å². The first kappa shape index (κ1) is 21.9. The second kappa shape index (κ2) is 15.8. The smallest absolute Gasteiger partial charge is 0.305 e. The summed E-state index contributed by atoms with van der Waals surface area (Å²) in [6.07, 6.45) is 14.3. The summed E-state index contributed by atoms with van der Waals surface area (Å²) >= 11 is 0. The standard InChI is InChI=1S/C19H36O4/c1-4-5-6-7-8-9-10-11-12-14-18(23-17(2)20)15-13-16-19(21)22-3/h18H,4-16H2,1-3H3. The normalized spacial score (nSPS) is 12.0. The molecule has 0 aromatic heterocycles. The van der Waals surface area contributed by atoms with Crippen molar-refractivity contribution in [1.29, 1.82) is 0 Å². The van der Waals surface area contributed by atoms with Crippen molar-refractivity contribution in [3.05, 3.63) is 0 Å². The average Bonchev–Trinajstić information content (AvgIpc) is 2.52. The van der Waals surface area contributed by atoms with E-state index < -0.39 is 0 Å². The SMILES string of the molecule is CCCCCCCCCCCC(CCCC(=O)OC)OC(C)=O. The number of ether oxygens (including phenoxy) is 2. The van der Waals surface area contributed by atoms with Gasteiger partial charge in [0.1, 0.15) is 6.10 Å². The van der Waals surface area contributed by atoms with E-state index in [-0.39, 0.29) is 18.0 Å². The lowest BCUT2D eigenvalue weighted by Gasteiger charge is -2.16. The minimum absolute atomic E-state index is 0.0540. The number of hydrogen-bond acceptors (Lipinski definition) is 4.